The van der Waals surface area contributed by atoms with E-state index in [1.165, 1.54) is 7.11 Å². The maximum atomic E-state index is 12.9. The topological polar surface area (TPSA) is 22.1 Å². The molecule has 0 radical (unpaired) electrons. The molecule has 0 aliphatic carbocycles. The molecule has 13 heavy (non-hydrogen) atoms. The normalized spacial score (nSPS) is 10.5. The van der Waals surface area contributed by atoms with Crippen LogP contribution >= 0.6 is 0 Å². The number of hydrogen-bond donors (Lipinski definition) is 0. The summed E-state index contributed by atoms with van der Waals surface area (Å²) < 4.78 is 17.7. The molecule has 2 nitrogen and oxygen atoms in total. The Morgan fingerprint density at radius 2 is 2.23 bits per heavy atom. The van der Waals surface area contributed by atoms with Crippen molar-refractivity contribution in [3.63, 3.8) is 0 Å². The SMILES string of the molecule is COc1cc(CC(C)C)cnc1F. The van der Waals surface area contributed by atoms with Crippen LogP contribution < -0.4 is 4.74 Å². The smallest absolute Gasteiger partial charge is 0.255 e. The zero-order chi connectivity index (χ0) is 9.84. The van der Waals surface area contributed by atoms with Gasteiger partial charge in [-0.25, -0.2) is 4.98 Å². The predicted molar refractivity (Wildman–Crippen MR) is 49.3 cm³/mol. The van der Waals surface area contributed by atoms with Crippen molar-refractivity contribution in [2.45, 2.75) is 20.3 Å². The van der Waals surface area contributed by atoms with Crippen molar-refractivity contribution in [1.29, 1.82) is 0 Å². The van der Waals surface area contributed by atoms with Crippen LogP contribution in [0.15, 0.2) is 12.3 Å². The average molecular weight is 183 g/mol. The molecule has 72 valence electrons. The van der Waals surface area contributed by atoms with E-state index in [2.05, 4.69) is 18.8 Å². The summed E-state index contributed by atoms with van der Waals surface area (Å²) >= 11 is 0. The van der Waals surface area contributed by atoms with Gasteiger partial charge in [-0.1, -0.05) is 13.8 Å². The second-order valence-corrected chi connectivity index (χ2v) is 3.43. The number of halogens is 1. The summed E-state index contributed by atoms with van der Waals surface area (Å²) in [5, 5.41) is 0. The van der Waals surface area contributed by atoms with Crippen LogP contribution in [-0.4, -0.2) is 12.1 Å². The van der Waals surface area contributed by atoms with Crippen LogP contribution in [-0.2, 0) is 6.42 Å². The highest BCUT2D eigenvalue weighted by Gasteiger charge is 2.05. The first-order valence-corrected chi connectivity index (χ1v) is 4.32. The highest BCUT2D eigenvalue weighted by atomic mass is 19.1. The lowest BCUT2D eigenvalue weighted by atomic mass is 10.1. The first kappa shape index (κ1) is 9.96. The van der Waals surface area contributed by atoms with E-state index in [4.69, 9.17) is 4.74 Å². The van der Waals surface area contributed by atoms with Crippen molar-refractivity contribution in [3.05, 3.63) is 23.8 Å². The average Bonchev–Trinajstić information content (AvgIpc) is 2.07. The molecule has 0 aromatic carbocycles. The molecule has 1 aromatic rings. The Kier molecular flexibility index (Phi) is 3.23. The van der Waals surface area contributed by atoms with Crippen molar-refractivity contribution in [2.75, 3.05) is 7.11 Å². The Morgan fingerprint density at radius 1 is 1.54 bits per heavy atom. The van der Waals surface area contributed by atoms with Crippen molar-refractivity contribution >= 4 is 0 Å². The number of pyridine rings is 1. The van der Waals surface area contributed by atoms with Gasteiger partial charge in [0.25, 0.3) is 5.95 Å². The Hall–Kier alpha value is -1.12. The number of aromatic nitrogens is 1. The molecule has 0 fully saturated rings. The van der Waals surface area contributed by atoms with Crippen molar-refractivity contribution in [1.82, 2.24) is 4.98 Å². The lowest BCUT2D eigenvalue weighted by Crippen LogP contribution is -1.98. The van der Waals surface area contributed by atoms with E-state index in [1.807, 2.05) is 0 Å². The van der Waals surface area contributed by atoms with Gasteiger partial charge in [0.15, 0.2) is 5.75 Å². The fraction of sp³-hybridized carbons (Fsp3) is 0.500. The van der Waals surface area contributed by atoms with Crippen LogP contribution in [0, 0.1) is 11.9 Å². The predicted octanol–water partition coefficient (Wildman–Crippen LogP) is 2.43. The summed E-state index contributed by atoms with van der Waals surface area (Å²) in [6, 6.07) is 1.70. The summed E-state index contributed by atoms with van der Waals surface area (Å²) in [5.74, 6) is 0.213. The molecule has 1 heterocycles. The first-order chi connectivity index (χ1) is 6.13. The molecule has 0 amide bonds. The van der Waals surface area contributed by atoms with Gasteiger partial charge < -0.3 is 4.74 Å². The number of nitrogens with zero attached hydrogens (tertiary/aromatic N) is 1. The maximum Gasteiger partial charge on any atom is 0.255 e. The van der Waals surface area contributed by atoms with E-state index in [0.717, 1.165) is 12.0 Å². The van der Waals surface area contributed by atoms with Crippen molar-refractivity contribution in [2.24, 2.45) is 5.92 Å². The molecule has 0 spiro atoms. The molecule has 0 atom stereocenters. The molecule has 0 N–H and O–H groups in total. The molecular formula is C10H14FNO. The minimum Gasteiger partial charge on any atom is -0.492 e. The molecule has 0 aliphatic heterocycles. The number of ether oxygens (including phenoxy) is 1. The van der Waals surface area contributed by atoms with Gasteiger partial charge >= 0.3 is 0 Å². The quantitative estimate of drug-likeness (QED) is 0.671. The van der Waals surface area contributed by atoms with E-state index < -0.39 is 5.95 Å². The summed E-state index contributed by atoms with van der Waals surface area (Å²) in [6.45, 7) is 4.21. The van der Waals surface area contributed by atoms with E-state index in [9.17, 15) is 4.39 Å². The fourth-order valence-corrected chi connectivity index (χ4v) is 1.19. The lowest BCUT2D eigenvalue weighted by Gasteiger charge is -2.06. The third-order valence-corrected chi connectivity index (χ3v) is 1.73. The standard InChI is InChI=1S/C10H14FNO/c1-7(2)4-8-5-9(13-3)10(11)12-6-8/h5-7H,4H2,1-3H3. The molecule has 0 saturated heterocycles. The van der Waals surface area contributed by atoms with Crippen LogP contribution in [0.1, 0.15) is 19.4 Å². The minimum atomic E-state index is -0.546. The van der Waals surface area contributed by atoms with Crippen LogP contribution in [0.25, 0.3) is 0 Å². The highest BCUT2D eigenvalue weighted by Crippen LogP contribution is 2.17. The molecule has 1 rings (SSSR count). The third kappa shape index (κ3) is 2.68. The van der Waals surface area contributed by atoms with Crippen LogP contribution in [0.2, 0.25) is 0 Å². The first-order valence-electron chi connectivity index (χ1n) is 4.32. The van der Waals surface area contributed by atoms with Gasteiger partial charge in [0.1, 0.15) is 0 Å². The Labute approximate surface area is 77.8 Å². The van der Waals surface area contributed by atoms with E-state index in [-0.39, 0.29) is 5.75 Å². The van der Waals surface area contributed by atoms with Gasteiger partial charge in [-0.15, -0.1) is 0 Å². The molecule has 0 saturated carbocycles. The Morgan fingerprint density at radius 3 is 2.77 bits per heavy atom. The Balaban J connectivity index is 2.86. The van der Waals surface area contributed by atoms with E-state index in [0.29, 0.717) is 5.92 Å². The van der Waals surface area contributed by atoms with Gasteiger partial charge in [0, 0.05) is 6.20 Å². The lowest BCUT2D eigenvalue weighted by molar-refractivity contribution is 0.376. The largest absolute Gasteiger partial charge is 0.492 e. The second-order valence-electron chi connectivity index (χ2n) is 3.43. The highest BCUT2D eigenvalue weighted by molar-refractivity contribution is 5.25. The second kappa shape index (κ2) is 4.21. The Bertz CT molecular complexity index is 286. The van der Waals surface area contributed by atoms with Crippen LogP contribution in [0.5, 0.6) is 5.75 Å². The minimum absolute atomic E-state index is 0.221. The summed E-state index contributed by atoms with van der Waals surface area (Å²) in [7, 11) is 1.44. The zero-order valence-corrected chi connectivity index (χ0v) is 8.17. The van der Waals surface area contributed by atoms with Gasteiger partial charge in [-0.2, -0.15) is 4.39 Å². The van der Waals surface area contributed by atoms with E-state index in [1.54, 1.807) is 12.3 Å². The van der Waals surface area contributed by atoms with Crippen LogP contribution in [0.4, 0.5) is 4.39 Å². The summed E-state index contributed by atoms with van der Waals surface area (Å²) in [6.07, 6.45) is 2.45. The number of rotatable bonds is 3. The molecule has 0 bridgehead atoms. The van der Waals surface area contributed by atoms with Gasteiger partial charge in [0.2, 0.25) is 0 Å². The monoisotopic (exact) mass is 183 g/mol. The molecule has 0 aliphatic rings. The van der Waals surface area contributed by atoms with Crippen molar-refractivity contribution in [3.8, 4) is 5.75 Å². The molecular weight excluding hydrogens is 169 g/mol. The maximum absolute atomic E-state index is 12.9. The number of methoxy groups -OCH3 is 1. The third-order valence-electron chi connectivity index (χ3n) is 1.73. The van der Waals surface area contributed by atoms with E-state index >= 15 is 0 Å². The van der Waals surface area contributed by atoms with Gasteiger partial charge in [-0.05, 0) is 24.0 Å². The number of hydrogen-bond acceptors (Lipinski definition) is 2. The van der Waals surface area contributed by atoms with Crippen molar-refractivity contribution < 1.29 is 9.13 Å². The summed E-state index contributed by atoms with van der Waals surface area (Å²) in [5.41, 5.74) is 1.01. The van der Waals surface area contributed by atoms with Gasteiger partial charge in [-0.3, -0.25) is 0 Å². The van der Waals surface area contributed by atoms with Gasteiger partial charge in [0.05, 0.1) is 7.11 Å². The molecule has 1 aromatic heterocycles. The fourth-order valence-electron chi connectivity index (χ4n) is 1.19. The van der Waals surface area contributed by atoms with Crippen LogP contribution in [0.3, 0.4) is 0 Å². The molecule has 3 heteroatoms. The zero-order valence-electron chi connectivity index (χ0n) is 8.17. The summed E-state index contributed by atoms with van der Waals surface area (Å²) in [4.78, 5) is 3.61. The molecule has 0 unspecified atom stereocenters.